The van der Waals surface area contributed by atoms with Crippen LogP contribution in [0, 0.1) is 10.1 Å². The molecule has 2 rings (SSSR count). The molecule has 2 aromatic carbocycles. The van der Waals surface area contributed by atoms with Gasteiger partial charge in [0.05, 0.1) is 34.8 Å². The molecule has 0 N–H and O–H groups in total. The van der Waals surface area contributed by atoms with Crippen LogP contribution in [0.1, 0.15) is 18.1 Å². The largest absolute Gasteiger partial charge is 0.466 e. The Morgan fingerprint density at radius 1 is 1.14 bits per heavy atom. The molecular formula is C22H20ClF3N2O9. The highest BCUT2D eigenvalue weighted by Gasteiger charge is 2.31. The minimum absolute atomic E-state index is 0.0309. The zero-order valence-corrected chi connectivity index (χ0v) is 20.3. The van der Waals surface area contributed by atoms with Gasteiger partial charge >= 0.3 is 18.1 Å². The van der Waals surface area contributed by atoms with E-state index in [0.717, 1.165) is 25.3 Å². The van der Waals surface area contributed by atoms with Gasteiger partial charge in [-0.25, -0.2) is 9.59 Å². The lowest BCUT2D eigenvalue weighted by Gasteiger charge is -2.13. The van der Waals surface area contributed by atoms with Gasteiger partial charge in [-0.2, -0.15) is 13.2 Å². The molecule has 0 spiro atoms. The number of carbonyl (C=O) groups excluding carboxylic acids is 2. The van der Waals surface area contributed by atoms with E-state index in [1.54, 1.807) is 0 Å². The van der Waals surface area contributed by atoms with Crippen LogP contribution in [0.2, 0.25) is 5.02 Å². The van der Waals surface area contributed by atoms with Crippen LogP contribution in [0.25, 0.3) is 0 Å². The van der Waals surface area contributed by atoms with Crippen LogP contribution in [0.5, 0.6) is 11.5 Å². The van der Waals surface area contributed by atoms with Crippen molar-refractivity contribution >= 4 is 34.9 Å². The van der Waals surface area contributed by atoms with Crippen molar-refractivity contribution in [2.75, 3.05) is 27.4 Å². The molecule has 0 bridgehead atoms. The molecule has 37 heavy (non-hydrogen) atoms. The molecule has 1 unspecified atom stereocenters. The van der Waals surface area contributed by atoms with Crippen molar-refractivity contribution in [3.63, 3.8) is 0 Å². The number of rotatable bonds is 11. The van der Waals surface area contributed by atoms with Crippen LogP contribution in [0.3, 0.4) is 0 Å². The molecule has 0 aliphatic carbocycles. The van der Waals surface area contributed by atoms with E-state index in [0.29, 0.717) is 6.07 Å². The van der Waals surface area contributed by atoms with Crippen molar-refractivity contribution in [3.8, 4) is 11.5 Å². The number of oxime groups is 1. The molecule has 0 aromatic heterocycles. The number of esters is 2. The van der Waals surface area contributed by atoms with Crippen molar-refractivity contribution in [3.05, 3.63) is 62.7 Å². The topological polar surface area (TPSA) is 136 Å². The van der Waals surface area contributed by atoms with E-state index in [2.05, 4.69) is 9.89 Å². The van der Waals surface area contributed by atoms with Crippen LogP contribution < -0.4 is 4.74 Å². The third-order valence-corrected chi connectivity index (χ3v) is 4.75. The number of carbonyl (C=O) groups is 2. The summed E-state index contributed by atoms with van der Waals surface area (Å²) in [4.78, 5) is 39.0. The van der Waals surface area contributed by atoms with Crippen LogP contribution in [-0.4, -0.2) is 56.1 Å². The average Bonchev–Trinajstić information content (AvgIpc) is 2.84. The summed E-state index contributed by atoms with van der Waals surface area (Å²) in [7, 11) is 2.38. The molecular weight excluding hydrogens is 529 g/mol. The molecule has 0 radical (unpaired) electrons. The number of halogens is 4. The number of methoxy groups -OCH3 is 2. The summed E-state index contributed by atoms with van der Waals surface area (Å²) in [6, 6.07) is 5.89. The Kier molecular flexibility index (Phi) is 10.2. The molecule has 0 saturated carbocycles. The Bertz CT molecular complexity index is 1190. The number of benzene rings is 2. The molecule has 0 aliphatic rings. The van der Waals surface area contributed by atoms with Crippen LogP contribution in [-0.2, 0) is 34.8 Å². The SMILES string of the molecule is COCC(=NOC(C)C(=O)OCC(=O)OC)c1cc(Oc2ccc(C(F)(F)F)cc2Cl)ccc1[N+](=O)[O-]. The first-order valence-electron chi connectivity index (χ1n) is 10.2. The molecule has 200 valence electrons. The summed E-state index contributed by atoms with van der Waals surface area (Å²) in [5, 5.41) is 15.0. The number of alkyl halides is 3. The highest BCUT2D eigenvalue weighted by molar-refractivity contribution is 6.32. The van der Waals surface area contributed by atoms with Crippen molar-refractivity contribution in [2.24, 2.45) is 5.16 Å². The second-order valence-corrected chi connectivity index (χ2v) is 7.49. The van der Waals surface area contributed by atoms with Gasteiger partial charge in [0.15, 0.2) is 6.61 Å². The maximum atomic E-state index is 12.9. The van der Waals surface area contributed by atoms with Gasteiger partial charge in [-0.05, 0) is 37.3 Å². The highest BCUT2D eigenvalue weighted by Crippen LogP contribution is 2.37. The molecule has 0 saturated heterocycles. The molecule has 2 aromatic rings. The number of hydrogen-bond donors (Lipinski definition) is 0. The predicted molar refractivity (Wildman–Crippen MR) is 122 cm³/mol. The lowest BCUT2D eigenvalue weighted by molar-refractivity contribution is -0.385. The van der Waals surface area contributed by atoms with E-state index >= 15 is 0 Å². The molecule has 0 aliphatic heterocycles. The summed E-state index contributed by atoms with van der Waals surface area (Å²) >= 11 is 5.92. The summed E-state index contributed by atoms with van der Waals surface area (Å²) in [5.74, 6) is -1.94. The van der Waals surface area contributed by atoms with E-state index in [-0.39, 0.29) is 34.4 Å². The summed E-state index contributed by atoms with van der Waals surface area (Å²) < 4.78 is 58.3. The molecule has 0 heterocycles. The summed E-state index contributed by atoms with van der Waals surface area (Å²) in [5.41, 5.74) is -1.69. The summed E-state index contributed by atoms with van der Waals surface area (Å²) in [6.07, 6.45) is -5.93. The van der Waals surface area contributed by atoms with Crippen LogP contribution in [0.4, 0.5) is 18.9 Å². The average molecular weight is 549 g/mol. The van der Waals surface area contributed by atoms with E-state index in [9.17, 15) is 32.9 Å². The third-order valence-electron chi connectivity index (χ3n) is 4.46. The maximum absolute atomic E-state index is 12.9. The fourth-order valence-corrected chi connectivity index (χ4v) is 2.86. The minimum Gasteiger partial charge on any atom is -0.466 e. The quantitative estimate of drug-likeness (QED) is 0.172. The second-order valence-electron chi connectivity index (χ2n) is 7.08. The predicted octanol–water partition coefficient (Wildman–Crippen LogP) is 4.53. The standard InChI is InChI=1S/C22H20ClF3N2O9/c1-12(21(30)35-11-20(29)34-3)37-27-17(10-33-2)15-9-14(5-6-18(15)28(31)32)36-19-7-4-13(8-16(19)23)22(24,25)26/h4-9,12H,10-11H2,1-3H3. The molecule has 11 nitrogen and oxygen atoms in total. The van der Waals surface area contributed by atoms with Crippen molar-refractivity contribution in [1.82, 2.24) is 0 Å². The van der Waals surface area contributed by atoms with Gasteiger partial charge in [-0.1, -0.05) is 16.8 Å². The zero-order chi connectivity index (χ0) is 27.8. The monoisotopic (exact) mass is 548 g/mol. The van der Waals surface area contributed by atoms with Gasteiger partial charge in [-0.3, -0.25) is 10.1 Å². The Labute approximate surface area is 212 Å². The fraction of sp³-hybridized carbons (Fsp3) is 0.318. The number of nitrogens with zero attached hydrogens (tertiary/aromatic N) is 2. The Balaban J connectivity index is 2.35. The Hall–Kier alpha value is -3.91. The van der Waals surface area contributed by atoms with Crippen LogP contribution in [0.15, 0.2) is 41.6 Å². The smallest absolute Gasteiger partial charge is 0.416 e. The van der Waals surface area contributed by atoms with Gasteiger partial charge < -0.3 is 23.8 Å². The first kappa shape index (κ1) is 29.3. The number of hydrogen-bond acceptors (Lipinski definition) is 10. The lowest BCUT2D eigenvalue weighted by atomic mass is 10.1. The van der Waals surface area contributed by atoms with E-state index in [1.807, 2.05) is 0 Å². The zero-order valence-electron chi connectivity index (χ0n) is 19.5. The first-order chi connectivity index (χ1) is 17.4. The second kappa shape index (κ2) is 12.9. The van der Waals surface area contributed by atoms with Crippen molar-refractivity contribution in [1.29, 1.82) is 0 Å². The first-order valence-corrected chi connectivity index (χ1v) is 10.5. The number of ether oxygens (including phenoxy) is 4. The molecule has 0 fully saturated rings. The highest BCUT2D eigenvalue weighted by atomic mass is 35.5. The van der Waals surface area contributed by atoms with Gasteiger partial charge in [-0.15, -0.1) is 0 Å². The molecule has 15 heteroatoms. The van der Waals surface area contributed by atoms with E-state index in [4.69, 9.17) is 30.6 Å². The van der Waals surface area contributed by atoms with Crippen molar-refractivity contribution in [2.45, 2.75) is 19.2 Å². The van der Waals surface area contributed by atoms with Crippen molar-refractivity contribution < 1.29 is 51.5 Å². The lowest BCUT2D eigenvalue weighted by Crippen LogP contribution is -2.25. The summed E-state index contributed by atoms with van der Waals surface area (Å²) in [6.45, 7) is 0.290. The Morgan fingerprint density at radius 2 is 1.84 bits per heavy atom. The van der Waals surface area contributed by atoms with E-state index < -0.39 is 47.0 Å². The fourth-order valence-electron chi connectivity index (χ4n) is 2.64. The van der Waals surface area contributed by atoms with Gasteiger partial charge in [0.1, 0.15) is 17.2 Å². The Morgan fingerprint density at radius 3 is 2.41 bits per heavy atom. The van der Waals surface area contributed by atoms with Crippen LogP contribution >= 0.6 is 11.6 Å². The normalized spacial score (nSPS) is 12.5. The van der Waals surface area contributed by atoms with Gasteiger partial charge in [0.25, 0.3) is 5.69 Å². The number of nitro groups is 1. The molecule has 0 amide bonds. The van der Waals surface area contributed by atoms with Gasteiger partial charge in [0, 0.05) is 13.2 Å². The van der Waals surface area contributed by atoms with E-state index in [1.165, 1.54) is 26.2 Å². The molecule has 1 atom stereocenters. The minimum atomic E-state index is -4.61. The third kappa shape index (κ3) is 8.32. The number of nitro benzene ring substituents is 1. The maximum Gasteiger partial charge on any atom is 0.416 e. The van der Waals surface area contributed by atoms with Gasteiger partial charge in [0.2, 0.25) is 6.10 Å².